The maximum absolute atomic E-state index is 6.49. The molecule has 0 aliphatic rings. The van der Waals surface area contributed by atoms with E-state index < -0.39 is 0 Å². The van der Waals surface area contributed by atoms with Crippen LogP contribution < -0.4 is 0 Å². The molecule has 0 fully saturated rings. The lowest BCUT2D eigenvalue weighted by molar-refractivity contribution is 0.909. The summed E-state index contributed by atoms with van der Waals surface area (Å²) in [6.07, 6.45) is 0.804. The van der Waals surface area contributed by atoms with E-state index in [4.69, 9.17) is 23.2 Å². The lowest BCUT2D eigenvalue weighted by Crippen LogP contribution is -1.99. The van der Waals surface area contributed by atoms with Gasteiger partial charge in [0, 0.05) is 5.02 Å². The van der Waals surface area contributed by atoms with Gasteiger partial charge >= 0.3 is 0 Å². The van der Waals surface area contributed by atoms with E-state index in [1.165, 1.54) is 16.7 Å². The predicted octanol–water partition coefficient (Wildman–Crippen LogP) is 5.48. The molecular weight excluding hydrogens is 263 g/mol. The third-order valence-corrected chi connectivity index (χ3v) is 3.88. The summed E-state index contributed by atoms with van der Waals surface area (Å²) in [5, 5.41) is 0.655. The Kier molecular flexibility index (Phi) is 4.31. The Labute approximate surface area is 119 Å². The molecule has 1 atom stereocenters. The monoisotopic (exact) mass is 278 g/mol. The number of hydrogen-bond donors (Lipinski definition) is 0. The van der Waals surface area contributed by atoms with E-state index in [0.29, 0.717) is 0 Å². The number of aryl methyl sites for hydroxylation is 2. The minimum Gasteiger partial charge on any atom is -0.117 e. The van der Waals surface area contributed by atoms with Crippen molar-refractivity contribution in [3.8, 4) is 0 Å². The van der Waals surface area contributed by atoms with E-state index in [1.54, 1.807) is 0 Å². The van der Waals surface area contributed by atoms with Crippen molar-refractivity contribution in [2.24, 2.45) is 0 Å². The summed E-state index contributed by atoms with van der Waals surface area (Å²) < 4.78 is 0. The second-order valence-electron chi connectivity index (χ2n) is 4.62. The van der Waals surface area contributed by atoms with Gasteiger partial charge in [0.25, 0.3) is 0 Å². The van der Waals surface area contributed by atoms with Crippen LogP contribution in [0, 0.1) is 13.8 Å². The van der Waals surface area contributed by atoms with Crippen molar-refractivity contribution in [2.75, 3.05) is 0 Å². The summed E-state index contributed by atoms with van der Waals surface area (Å²) >= 11 is 12.7. The molecule has 0 nitrogen and oxygen atoms in total. The zero-order valence-electron chi connectivity index (χ0n) is 10.6. The first-order valence-corrected chi connectivity index (χ1v) is 6.84. The van der Waals surface area contributed by atoms with Gasteiger partial charge in [-0.15, -0.1) is 11.6 Å². The Hall–Kier alpha value is -0.980. The highest BCUT2D eigenvalue weighted by molar-refractivity contribution is 6.32. The third-order valence-electron chi connectivity index (χ3n) is 3.15. The topological polar surface area (TPSA) is 0 Å². The molecule has 2 aromatic rings. The third kappa shape index (κ3) is 3.07. The molecule has 0 radical (unpaired) electrons. The van der Waals surface area contributed by atoms with Gasteiger partial charge in [-0.05, 0) is 43.0 Å². The maximum Gasteiger partial charge on any atom is 0.0640 e. The number of halogens is 2. The second-order valence-corrected chi connectivity index (χ2v) is 5.56. The normalized spacial score (nSPS) is 12.4. The van der Waals surface area contributed by atoms with E-state index in [9.17, 15) is 0 Å². The summed E-state index contributed by atoms with van der Waals surface area (Å²) in [5.74, 6) is 0. The molecule has 0 aliphatic heterocycles. The van der Waals surface area contributed by atoms with Crippen molar-refractivity contribution in [1.29, 1.82) is 0 Å². The molecule has 18 heavy (non-hydrogen) atoms. The van der Waals surface area contributed by atoms with E-state index in [0.717, 1.165) is 17.0 Å². The fourth-order valence-electron chi connectivity index (χ4n) is 2.05. The van der Waals surface area contributed by atoms with Crippen LogP contribution in [0.1, 0.15) is 27.6 Å². The minimum atomic E-state index is -0.0841. The Bertz CT molecular complexity index is 547. The first kappa shape index (κ1) is 13.5. The first-order chi connectivity index (χ1) is 8.58. The van der Waals surface area contributed by atoms with Crippen molar-refractivity contribution in [3.05, 3.63) is 69.7 Å². The molecule has 0 spiro atoms. The van der Waals surface area contributed by atoms with E-state index in [1.807, 2.05) is 24.3 Å². The van der Waals surface area contributed by atoms with E-state index >= 15 is 0 Å². The standard InChI is InChI=1S/C16H16Cl2/c1-11-7-8-12(2)13(9-11)10-16(18)14-5-3-4-6-15(14)17/h3-9,16H,10H2,1-2H3. The number of benzene rings is 2. The molecule has 94 valence electrons. The molecule has 0 N–H and O–H groups in total. The summed E-state index contributed by atoms with van der Waals surface area (Å²) in [6.45, 7) is 4.21. The lowest BCUT2D eigenvalue weighted by Gasteiger charge is -2.14. The van der Waals surface area contributed by atoms with Crippen LogP contribution in [0.3, 0.4) is 0 Å². The Morgan fingerprint density at radius 1 is 1.06 bits per heavy atom. The predicted molar refractivity (Wildman–Crippen MR) is 79.7 cm³/mol. The van der Waals surface area contributed by atoms with Gasteiger partial charge in [-0.2, -0.15) is 0 Å². The number of alkyl halides is 1. The highest BCUT2D eigenvalue weighted by Crippen LogP contribution is 2.31. The average Bonchev–Trinajstić information content (AvgIpc) is 2.34. The summed E-state index contributed by atoms with van der Waals surface area (Å²) in [6, 6.07) is 14.2. The SMILES string of the molecule is Cc1ccc(C)c(CC(Cl)c2ccccc2Cl)c1. The quantitative estimate of drug-likeness (QED) is 0.653. The summed E-state index contributed by atoms with van der Waals surface area (Å²) in [4.78, 5) is 0. The zero-order chi connectivity index (χ0) is 13.1. The molecule has 0 amide bonds. The fraction of sp³-hybridized carbons (Fsp3) is 0.250. The van der Waals surface area contributed by atoms with Crippen LogP contribution in [-0.4, -0.2) is 0 Å². The van der Waals surface area contributed by atoms with Crippen molar-refractivity contribution >= 4 is 23.2 Å². The molecule has 2 heteroatoms. The summed E-state index contributed by atoms with van der Waals surface area (Å²) in [7, 11) is 0. The fourth-order valence-corrected chi connectivity index (χ4v) is 2.73. The van der Waals surface area contributed by atoms with Gasteiger partial charge in [-0.25, -0.2) is 0 Å². The Morgan fingerprint density at radius 3 is 2.50 bits per heavy atom. The average molecular weight is 279 g/mol. The van der Waals surface area contributed by atoms with Crippen molar-refractivity contribution in [2.45, 2.75) is 25.6 Å². The molecule has 1 unspecified atom stereocenters. The van der Waals surface area contributed by atoms with Crippen LogP contribution in [0.4, 0.5) is 0 Å². The molecular formula is C16H16Cl2. The zero-order valence-corrected chi connectivity index (χ0v) is 12.1. The van der Waals surface area contributed by atoms with Crippen molar-refractivity contribution < 1.29 is 0 Å². The summed E-state index contributed by atoms with van der Waals surface area (Å²) in [5.41, 5.74) is 4.83. The molecule has 0 aromatic heterocycles. The highest BCUT2D eigenvalue weighted by atomic mass is 35.5. The minimum absolute atomic E-state index is 0.0841. The first-order valence-electron chi connectivity index (χ1n) is 6.02. The van der Waals surface area contributed by atoms with Crippen molar-refractivity contribution in [3.63, 3.8) is 0 Å². The van der Waals surface area contributed by atoms with Crippen LogP contribution in [0.2, 0.25) is 5.02 Å². The largest absolute Gasteiger partial charge is 0.117 e. The van der Waals surface area contributed by atoms with Crippen LogP contribution >= 0.6 is 23.2 Å². The van der Waals surface area contributed by atoms with E-state index in [-0.39, 0.29) is 5.38 Å². The lowest BCUT2D eigenvalue weighted by atomic mass is 9.98. The molecule has 2 rings (SSSR count). The Morgan fingerprint density at radius 2 is 1.78 bits per heavy atom. The van der Waals surface area contributed by atoms with Gasteiger partial charge in [0.1, 0.15) is 0 Å². The smallest absolute Gasteiger partial charge is 0.0640 e. The maximum atomic E-state index is 6.49. The molecule has 2 aromatic carbocycles. The van der Waals surface area contributed by atoms with Gasteiger partial charge < -0.3 is 0 Å². The van der Waals surface area contributed by atoms with Gasteiger partial charge in [0.15, 0.2) is 0 Å². The molecule has 0 aliphatic carbocycles. The van der Waals surface area contributed by atoms with Crippen molar-refractivity contribution in [1.82, 2.24) is 0 Å². The van der Waals surface area contributed by atoms with Gasteiger partial charge in [-0.3, -0.25) is 0 Å². The van der Waals surface area contributed by atoms with Crippen LogP contribution in [-0.2, 0) is 6.42 Å². The van der Waals surface area contributed by atoms with Crippen LogP contribution in [0.25, 0.3) is 0 Å². The molecule has 0 saturated carbocycles. The van der Waals surface area contributed by atoms with Gasteiger partial charge in [0.2, 0.25) is 0 Å². The van der Waals surface area contributed by atoms with E-state index in [2.05, 4.69) is 32.0 Å². The number of rotatable bonds is 3. The molecule has 0 heterocycles. The Balaban J connectivity index is 2.24. The number of hydrogen-bond acceptors (Lipinski definition) is 0. The molecule has 0 bridgehead atoms. The highest BCUT2D eigenvalue weighted by Gasteiger charge is 2.13. The van der Waals surface area contributed by atoms with Crippen LogP contribution in [0.5, 0.6) is 0 Å². The van der Waals surface area contributed by atoms with Gasteiger partial charge in [-0.1, -0.05) is 53.6 Å². The van der Waals surface area contributed by atoms with Crippen LogP contribution in [0.15, 0.2) is 42.5 Å². The van der Waals surface area contributed by atoms with Gasteiger partial charge in [0.05, 0.1) is 5.38 Å². The second kappa shape index (κ2) is 5.77. The molecule has 0 saturated heterocycles.